The number of aliphatic hydroxyl groups excluding tert-OH is 1. The van der Waals surface area contributed by atoms with Crippen LogP contribution in [-0.4, -0.2) is 23.3 Å². The molecule has 0 heterocycles. The summed E-state index contributed by atoms with van der Waals surface area (Å²) in [4.78, 5) is 23.2. The first-order valence-corrected chi connectivity index (χ1v) is 9.74. The van der Waals surface area contributed by atoms with Gasteiger partial charge >= 0.3 is 0 Å². The van der Waals surface area contributed by atoms with Crippen LogP contribution in [0.5, 0.6) is 0 Å². The summed E-state index contributed by atoms with van der Waals surface area (Å²) in [6.45, 7) is 11.8. The zero-order chi connectivity index (χ0) is 21.4. The SMILES string of the molecule is CC(=C/C=C/C=C(\C)C=O)/C=C/C=C(C)/C=C/C(=O)[C@]1(C)C[C@@H](O)CC1(C)C. The Bertz CT molecular complexity index is 757. The molecule has 0 saturated heterocycles. The zero-order valence-electron chi connectivity index (χ0n) is 18.0. The average molecular weight is 383 g/mol. The molecule has 28 heavy (non-hydrogen) atoms. The third-order valence-corrected chi connectivity index (χ3v) is 5.66. The molecule has 1 saturated carbocycles. The van der Waals surface area contributed by atoms with Crippen molar-refractivity contribution in [2.24, 2.45) is 10.8 Å². The fraction of sp³-hybridized carbons (Fsp3) is 0.440. The first-order valence-electron chi connectivity index (χ1n) is 9.74. The van der Waals surface area contributed by atoms with E-state index in [1.807, 2.05) is 63.3 Å². The number of allylic oxidation sites excluding steroid dienone is 12. The summed E-state index contributed by atoms with van der Waals surface area (Å²) in [7, 11) is 0. The molecule has 1 aliphatic rings. The number of ketones is 1. The molecule has 0 unspecified atom stereocenters. The number of aldehydes is 1. The predicted octanol–water partition coefficient (Wildman–Crippen LogP) is 5.45. The molecule has 3 nitrogen and oxygen atoms in total. The molecule has 0 spiro atoms. The minimum atomic E-state index is -0.526. The summed E-state index contributed by atoms with van der Waals surface area (Å²) >= 11 is 0. The number of hydrogen-bond acceptors (Lipinski definition) is 3. The highest BCUT2D eigenvalue weighted by atomic mass is 16.3. The van der Waals surface area contributed by atoms with Crippen molar-refractivity contribution >= 4 is 12.1 Å². The van der Waals surface area contributed by atoms with Gasteiger partial charge in [-0.15, -0.1) is 0 Å². The molecule has 0 aromatic rings. The molecular weight excluding hydrogens is 348 g/mol. The number of carbonyl (C=O) groups is 2. The number of rotatable bonds is 8. The van der Waals surface area contributed by atoms with Gasteiger partial charge in [-0.3, -0.25) is 9.59 Å². The van der Waals surface area contributed by atoms with E-state index >= 15 is 0 Å². The topological polar surface area (TPSA) is 54.4 Å². The van der Waals surface area contributed by atoms with Crippen molar-refractivity contribution in [2.45, 2.75) is 60.5 Å². The first kappa shape index (κ1) is 23.8. The van der Waals surface area contributed by atoms with Gasteiger partial charge in [-0.2, -0.15) is 0 Å². The summed E-state index contributed by atoms with van der Waals surface area (Å²) in [6, 6.07) is 0. The largest absolute Gasteiger partial charge is 0.393 e. The Kier molecular flexibility index (Phi) is 8.77. The van der Waals surface area contributed by atoms with Crippen LogP contribution in [0.1, 0.15) is 54.4 Å². The maximum Gasteiger partial charge on any atom is 0.162 e. The van der Waals surface area contributed by atoms with Crippen molar-refractivity contribution in [3.05, 3.63) is 71.4 Å². The summed E-state index contributed by atoms with van der Waals surface area (Å²) in [6.07, 6.45) is 18.4. The van der Waals surface area contributed by atoms with E-state index in [2.05, 4.69) is 13.8 Å². The third-order valence-electron chi connectivity index (χ3n) is 5.66. The molecule has 0 aromatic carbocycles. The second-order valence-electron chi connectivity index (χ2n) is 8.57. The van der Waals surface area contributed by atoms with Gasteiger partial charge in [0.05, 0.1) is 6.10 Å². The number of aliphatic hydroxyl groups is 1. The van der Waals surface area contributed by atoms with E-state index in [0.717, 1.165) is 17.4 Å². The van der Waals surface area contributed by atoms with Gasteiger partial charge < -0.3 is 5.11 Å². The second kappa shape index (κ2) is 10.3. The van der Waals surface area contributed by atoms with E-state index in [4.69, 9.17) is 0 Å². The Morgan fingerprint density at radius 2 is 1.36 bits per heavy atom. The van der Waals surface area contributed by atoms with Gasteiger partial charge in [0.1, 0.15) is 6.29 Å². The fourth-order valence-electron chi connectivity index (χ4n) is 3.38. The summed E-state index contributed by atoms with van der Waals surface area (Å²) in [5, 5.41) is 9.99. The van der Waals surface area contributed by atoms with Gasteiger partial charge in [-0.1, -0.05) is 80.5 Å². The predicted molar refractivity (Wildman–Crippen MR) is 117 cm³/mol. The van der Waals surface area contributed by atoms with E-state index in [1.54, 1.807) is 19.1 Å². The van der Waals surface area contributed by atoms with Crippen LogP contribution in [0.4, 0.5) is 0 Å². The Balaban J connectivity index is 2.70. The van der Waals surface area contributed by atoms with Gasteiger partial charge in [0.2, 0.25) is 0 Å². The summed E-state index contributed by atoms with van der Waals surface area (Å²) in [5.41, 5.74) is 2.01. The van der Waals surface area contributed by atoms with Crippen LogP contribution in [0.25, 0.3) is 0 Å². The molecule has 3 heteroatoms. The molecule has 152 valence electrons. The Morgan fingerprint density at radius 3 is 1.89 bits per heavy atom. The number of hydrogen-bond donors (Lipinski definition) is 1. The van der Waals surface area contributed by atoms with Crippen molar-refractivity contribution in [1.82, 2.24) is 0 Å². The van der Waals surface area contributed by atoms with Gasteiger partial charge in [-0.05, 0) is 50.7 Å². The molecule has 1 aliphatic carbocycles. The minimum Gasteiger partial charge on any atom is -0.393 e. The van der Waals surface area contributed by atoms with Gasteiger partial charge in [-0.25, -0.2) is 0 Å². The molecule has 0 amide bonds. The molecule has 0 radical (unpaired) electrons. The monoisotopic (exact) mass is 382 g/mol. The lowest BCUT2D eigenvalue weighted by molar-refractivity contribution is -0.127. The lowest BCUT2D eigenvalue weighted by Crippen LogP contribution is -2.36. The van der Waals surface area contributed by atoms with E-state index in [0.29, 0.717) is 18.4 Å². The van der Waals surface area contributed by atoms with Crippen molar-refractivity contribution in [3.8, 4) is 0 Å². The van der Waals surface area contributed by atoms with Crippen molar-refractivity contribution in [2.75, 3.05) is 0 Å². The summed E-state index contributed by atoms with van der Waals surface area (Å²) in [5.74, 6) is 0.0747. The molecule has 1 rings (SSSR count). The molecule has 2 atom stereocenters. The van der Waals surface area contributed by atoms with E-state index in [9.17, 15) is 14.7 Å². The normalized spacial score (nSPS) is 26.7. The Hall–Kier alpha value is -2.26. The highest BCUT2D eigenvalue weighted by molar-refractivity contribution is 5.95. The molecule has 0 aromatic heterocycles. The average Bonchev–Trinajstić information content (AvgIpc) is 2.83. The van der Waals surface area contributed by atoms with E-state index < -0.39 is 11.5 Å². The van der Waals surface area contributed by atoms with Crippen LogP contribution in [0.15, 0.2) is 71.4 Å². The zero-order valence-corrected chi connectivity index (χ0v) is 18.0. The molecule has 1 fully saturated rings. The quantitative estimate of drug-likeness (QED) is 0.345. The molecule has 0 bridgehead atoms. The Morgan fingerprint density at radius 1 is 0.821 bits per heavy atom. The lowest BCUT2D eigenvalue weighted by Gasteiger charge is -2.35. The second-order valence-corrected chi connectivity index (χ2v) is 8.57. The van der Waals surface area contributed by atoms with Crippen LogP contribution < -0.4 is 0 Å². The maximum atomic E-state index is 12.7. The van der Waals surface area contributed by atoms with E-state index in [1.165, 1.54) is 0 Å². The van der Waals surface area contributed by atoms with Crippen LogP contribution >= 0.6 is 0 Å². The van der Waals surface area contributed by atoms with Crippen LogP contribution in [0.2, 0.25) is 0 Å². The fourth-order valence-corrected chi connectivity index (χ4v) is 3.38. The highest BCUT2D eigenvalue weighted by Gasteiger charge is 2.52. The van der Waals surface area contributed by atoms with Crippen molar-refractivity contribution < 1.29 is 14.7 Å². The van der Waals surface area contributed by atoms with Crippen LogP contribution in [0.3, 0.4) is 0 Å². The van der Waals surface area contributed by atoms with Crippen LogP contribution in [-0.2, 0) is 9.59 Å². The highest BCUT2D eigenvalue weighted by Crippen LogP contribution is 2.53. The van der Waals surface area contributed by atoms with E-state index in [-0.39, 0.29) is 11.2 Å². The lowest BCUT2D eigenvalue weighted by atomic mass is 9.66. The van der Waals surface area contributed by atoms with Gasteiger partial charge in [0.25, 0.3) is 0 Å². The maximum absolute atomic E-state index is 12.7. The van der Waals surface area contributed by atoms with Crippen LogP contribution in [0, 0.1) is 10.8 Å². The van der Waals surface area contributed by atoms with Crippen molar-refractivity contribution in [1.29, 1.82) is 0 Å². The molecular formula is C25H34O3. The Labute approximate surface area is 169 Å². The smallest absolute Gasteiger partial charge is 0.162 e. The van der Waals surface area contributed by atoms with Crippen molar-refractivity contribution in [3.63, 3.8) is 0 Å². The summed E-state index contributed by atoms with van der Waals surface area (Å²) < 4.78 is 0. The van der Waals surface area contributed by atoms with Gasteiger partial charge in [0, 0.05) is 5.41 Å². The molecule has 0 aliphatic heterocycles. The first-order chi connectivity index (χ1) is 13.0. The minimum absolute atomic E-state index is 0.0747. The number of carbonyl (C=O) groups excluding carboxylic acids is 2. The standard InChI is InChI=1S/C25H34O3/c1-19(10-7-8-11-21(3)18-26)12-9-13-20(2)14-15-23(28)25(6)17-22(27)16-24(25,4)5/h7-15,18,22,27H,16-17H2,1-6H3/b8-7+,12-9+,15-14+,19-10-,20-13+,21-11+/t22-,25-/m0/s1. The van der Waals surface area contributed by atoms with Gasteiger partial charge in [0.15, 0.2) is 5.78 Å². The molecule has 1 N–H and O–H groups in total. The third kappa shape index (κ3) is 6.72.